The fraction of sp³-hybridized carbons (Fsp3) is 0.278. The van der Waals surface area contributed by atoms with Gasteiger partial charge in [-0.3, -0.25) is 4.79 Å². The third-order valence-corrected chi connectivity index (χ3v) is 3.36. The molecule has 0 aromatic heterocycles. The molecular formula is C18H21NO2. The molecule has 21 heavy (non-hydrogen) atoms. The van der Waals surface area contributed by atoms with Crippen LogP contribution in [0.5, 0.6) is 0 Å². The first-order chi connectivity index (χ1) is 9.88. The number of Topliss-reactive ketones (excluding diaryl/α,β-unsaturated/α-hetero) is 1. The molecule has 0 unspecified atom stereocenters. The van der Waals surface area contributed by atoms with E-state index in [4.69, 9.17) is 0 Å². The predicted molar refractivity (Wildman–Crippen MR) is 85.6 cm³/mol. The minimum Gasteiger partial charge on any atom is -0.382 e. The fourth-order valence-electron chi connectivity index (χ4n) is 2.21. The van der Waals surface area contributed by atoms with Crippen molar-refractivity contribution in [1.29, 1.82) is 0 Å². The van der Waals surface area contributed by atoms with Gasteiger partial charge in [-0.1, -0.05) is 36.4 Å². The summed E-state index contributed by atoms with van der Waals surface area (Å²) < 4.78 is 0. The van der Waals surface area contributed by atoms with Crippen LogP contribution in [-0.2, 0) is 6.54 Å². The van der Waals surface area contributed by atoms with E-state index in [1.54, 1.807) is 6.07 Å². The number of para-hydroxylation sites is 1. The Bertz CT molecular complexity index is 615. The SMILES string of the molecule is CN(Cc1cccc(C(=O)C(C)(C)O)c1)c1ccccc1. The van der Waals surface area contributed by atoms with Crippen LogP contribution in [0, 0.1) is 0 Å². The zero-order chi connectivity index (χ0) is 15.5. The lowest BCUT2D eigenvalue weighted by atomic mass is 9.95. The van der Waals surface area contributed by atoms with E-state index < -0.39 is 5.60 Å². The van der Waals surface area contributed by atoms with Crippen LogP contribution in [0.2, 0.25) is 0 Å². The summed E-state index contributed by atoms with van der Waals surface area (Å²) in [6, 6.07) is 17.5. The molecule has 0 saturated heterocycles. The van der Waals surface area contributed by atoms with Gasteiger partial charge >= 0.3 is 0 Å². The Morgan fingerprint density at radius 1 is 1.10 bits per heavy atom. The molecule has 0 atom stereocenters. The van der Waals surface area contributed by atoms with E-state index in [1.807, 2.05) is 55.6 Å². The molecule has 1 N–H and O–H groups in total. The first kappa shape index (κ1) is 15.3. The van der Waals surface area contributed by atoms with E-state index in [0.29, 0.717) is 12.1 Å². The molecule has 2 aromatic carbocycles. The minimum absolute atomic E-state index is 0.258. The maximum atomic E-state index is 12.1. The Kier molecular flexibility index (Phi) is 4.43. The number of carbonyl (C=O) groups excluding carboxylic acids is 1. The van der Waals surface area contributed by atoms with E-state index in [1.165, 1.54) is 13.8 Å². The first-order valence-corrected chi connectivity index (χ1v) is 7.00. The van der Waals surface area contributed by atoms with Crippen LogP contribution in [0.15, 0.2) is 54.6 Å². The maximum absolute atomic E-state index is 12.1. The zero-order valence-electron chi connectivity index (χ0n) is 12.7. The Labute approximate surface area is 125 Å². The van der Waals surface area contributed by atoms with Gasteiger partial charge in [0.05, 0.1) is 0 Å². The summed E-state index contributed by atoms with van der Waals surface area (Å²) in [5.74, 6) is -0.258. The number of anilines is 1. The van der Waals surface area contributed by atoms with Crippen molar-refractivity contribution in [3.63, 3.8) is 0 Å². The highest BCUT2D eigenvalue weighted by atomic mass is 16.3. The molecule has 3 nitrogen and oxygen atoms in total. The Balaban J connectivity index is 2.17. The number of ketones is 1. The highest BCUT2D eigenvalue weighted by Gasteiger charge is 2.25. The predicted octanol–water partition coefficient (Wildman–Crippen LogP) is 3.28. The van der Waals surface area contributed by atoms with Crippen LogP contribution in [0.25, 0.3) is 0 Å². The van der Waals surface area contributed by atoms with E-state index in [0.717, 1.165) is 11.3 Å². The van der Waals surface area contributed by atoms with Gasteiger partial charge < -0.3 is 10.0 Å². The molecule has 3 heteroatoms. The van der Waals surface area contributed by atoms with Gasteiger partial charge in [-0.05, 0) is 37.6 Å². The number of benzene rings is 2. The van der Waals surface area contributed by atoms with Crippen LogP contribution < -0.4 is 4.90 Å². The van der Waals surface area contributed by atoms with Crippen molar-refractivity contribution in [3.8, 4) is 0 Å². The number of aliphatic hydroxyl groups is 1. The molecule has 0 spiro atoms. The third kappa shape index (κ3) is 3.92. The fourth-order valence-corrected chi connectivity index (χ4v) is 2.21. The summed E-state index contributed by atoms with van der Waals surface area (Å²) in [7, 11) is 2.01. The van der Waals surface area contributed by atoms with Crippen LogP contribution >= 0.6 is 0 Å². The normalized spacial score (nSPS) is 11.2. The molecule has 2 aromatic rings. The van der Waals surface area contributed by atoms with Crippen molar-refractivity contribution in [2.45, 2.75) is 26.0 Å². The Hall–Kier alpha value is -2.13. The quantitative estimate of drug-likeness (QED) is 0.856. The van der Waals surface area contributed by atoms with E-state index in [-0.39, 0.29) is 5.78 Å². The van der Waals surface area contributed by atoms with Gasteiger partial charge in [-0.15, -0.1) is 0 Å². The largest absolute Gasteiger partial charge is 0.382 e. The van der Waals surface area contributed by atoms with Gasteiger partial charge in [-0.2, -0.15) is 0 Å². The molecule has 0 aliphatic carbocycles. The monoisotopic (exact) mass is 283 g/mol. The highest BCUT2D eigenvalue weighted by molar-refractivity contribution is 6.01. The van der Waals surface area contributed by atoms with Gasteiger partial charge in [0.25, 0.3) is 0 Å². The van der Waals surface area contributed by atoms with Crippen LogP contribution in [0.3, 0.4) is 0 Å². The maximum Gasteiger partial charge on any atom is 0.193 e. The van der Waals surface area contributed by atoms with E-state index >= 15 is 0 Å². The number of nitrogens with zero attached hydrogens (tertiary/aromatic N) is 1. The number of rotatable bonds is 5. The number of hydrogen-bond donors (Lipinski definition) is 1. The van der Waals surface area contributed by atoms with Crippen molar-refractivity contribution < 1.29 is 9.90 Å². The molecule has 0 aliphatic rings. The van der Waals surface area contributed by atoms with E-state index in [9.17, 15) is 9.90 Å². The zero-order valence-corrected chi connectivity index (χ0v) is 12.7. The lowest BCUT2D eigenvalue weighted by molar-refractivity contribution is 0.0488. The van der Waals surface area contributed by atoms with Crippen molar-refractivity contribution in [2.75, 3.05) is 11.9 Å². The standard InChI is InChI=1S/C18H21NO2/c1-18(2,21)17(20)15-9-7-8-14(12-15)13-19(3)16-10-5-4-6-11-16/h4-12,21H,13H2,1-3H3. The average Bonchev–Trinajstić information content (AvgIpc) is 2.46. The molecular weight excluding hydrogens is 262 g/mol. The summed E-state index contributed by atoms with van der Waals surface area (Å²) in [4.78, 5) is 14.2. The lowest BCUT2D eigenvalue weighted by Gasteiger charge is -2.20. The highest BCUT2D eigenvalue weighted by Crippen LogP contribution is 2.18. The van der Waals surface area contributed by atoms with E-state index in [2.05, 4.69) is 4.90 Å². The Morgan fingerprint density at radius 2 is 1.76 bits per heavy atom. The molecule has 0 aliphatic heterocycles. The van der Waals surface area contributed by atoms with Gasteiger partial charge in [0.15, 0.2) is 5.78 Å². The topological polar surface area (TPSA) is 40.5 Å². The molecule has 0 saturated carbocycles. The molecule has 0 heterocycles. The van der Waals surface area contributed by atoms with Gasteiger partial charge in [0.2, 0.25) is 0 Å². The summed E-state index contributed by atoms with van der Waals surface area (Å²) in [6.07, 6.45) is 0. The molecule has 0 radical (unpaired) electrons. The number of carbonyl (C=O) groups is 1. The van der Waals surface area contributed by atoms with Gasteiger partial charge in [0, 0.05) is 24.8 Å². The van der Waals surface area contributed by atoms with Crippen LogP contribution in [0.1, 0.15) is 29.8 Å². The summed E-state index contributed by atoms with van der Waals surface area (Å²) in [6.45, 7) is 3.73. The average molecular weight is 283 g/mol. The lowest BCUT2D eigenvalue weighted by Crippen LogP contribution is -2.31. The summed E-state index contributed by atoms with van der Waals surface area (Å²) in [5.41, 5.74) is 1.36. The van der Waals surface area contributed by atoms with Crippen molar-refractivity contribution in [3.05, 3.63) is 65.7 Å². The van der Waals surface area contributed by atoms with Crippen molar-refractivity contribution >= 4 is 11.5 Å². The smallest absolute Gasteiger partial charge is 0.193 e. The molecule has 110 valence electrons. The first-order valence-electron chi connectivity index (χ1n) is 7.00. The molecule has 2 rings (SSSR count). The molecule has 0 fully saturated rings. The summed E-state index contributed by atoms with van der Waals surface area (Å²) >= 11 is 0. The van der Waals surface area contributed by atoms with Crippen LogP contribution in [0.4, 0.5) is 5.69 Å². The third-order valence-electron chi connectivity index (χ3n) is 3.36. The van der Waals surface area contributed by atoms with Gasteiger partial charge in [-0.25, -0.2) is 0 Å². The second-order valence-electron chi connectivity index (χ2n) is 5.78. The second kappa shape index (κ2) is 6.10. The molecule has 0 bridgehead atoms. The molecule has 0 amide bonds. The van der Waals surface area contributed by atoms with Crippen molar-refractivity contribution in [1.82, 2.24) is 0 Å². The second-order valence-corrected chi connectivity index (χ2v) is 5.78. The minimum atomic E-state index is -1.34. The Morgan fingerprint density at radius 3 is 2.38 bits per heavy atom. The summed E-state index contributed by atoms with van der Waals surface area (Å²) in [5, 5.41) is 9.83. The number of hydrogen-bond acceptors (Lipinski definition) is 3. The van der Waals surface area contributed by atoms with Crippen LogP contribution in [-0.4, -0.2) is 23.5 Å². The van der Waals surface area contributed by atoms with Crippen molar-refractivity contribution in [2.24, 2.45) is 0 Å². The van der Waals surface area contributed by atoms with Gasteiger partial charge in [0.1, 0.15) is 5.60 Å².